The predicted molar refractivity (Wildman–Crippen MR) is 81.9 cm³/mol. The van der Waals surface area contributed by atoms with Gasteiger partial charge in [-0.15, -0.1) is 11.3 Å². The Balaban J connectivity index is 1.90. The van der Waals surface area contributed by atoms with Crippen LogP contribution in [-0.2, 0) is 16.0 Å². The number of aliphatic carboxylic acids is 1. The second kappa shape index (κ2) is 6.26. The van der Waals surface area contributed by atoms with Gasteiger partial charge >= 0.3 is 5.97 Å². The molecule has 0 bridgehead atoms. The second-order valence-electron chi connectivity index (χ2n) is 5.52. The Morgan fingerprint density at radius 2 is 2.30 bits per heavy atom. The molecule has 2 heterocycles. The van der Waals surface area contributed by atoms with Gasteiger partial charge in [0.05, 0.1) is 5.41 Å². The van der Waals surface area contributed by atoms with Gasteiger partial charge in [-0.05, 0) is 48.2 Å². The number of likely N-dealkylation sites (tertiary alicyclic amines) is 1. The Bertz CT molecular complexity index is 516. The van der Waals surface area contributed by atoms with Crippen LogP contribution >= 0.6 is 27.3 Å². The molecule has 4 nitrogen and oxygen atoms in total. The number of carboxylic acid groups (broad SMARTS) is 1. The number of hydrogen-bond acceptors (Lipinski definition) is 3. The molecule has 1 aromatic heterocycles. The van der Waals surface area contributed by atoms with Crippen molar-refractivity contribution in [3.8, 4) is 0 Å². The fourth-order valence-electron chi connectivity index (χ4n) is 2.50. The Kier molecular flexibility index (Phi) is 4.86. The van der Waals surface area contributed by atoms with E-state index in [4.69, 9.17) is 0 Å². The molecule has 1 amide bonds. The summed E-state index contributed by atoms with van der Waals surface area (Å²) in [5, 5.41) is 11.3. The molecule has 1 atom stereocenters. The quantitative estimate of drug-likeness (QED) is 0.897. The number of thiophene rings is 1. The summed E-state index contributed by atoms with van der Waals surface area (Å²) < 4.78 is 1.04. The van der Waals surface area contributed by atoms with Crippen LogP contribution in [-0.4, -0.2) is 35.0 Å². The smallest absolute Gasteiger partial charge is 0.311 e. The van der Waals surface area contributed by atoms with E-state index in [1.807, 2.05) is 11.4 Å². The summed E-state index contributed by atoms with van der Waals surface area (Å²) in [5.41, 5.74) is -0.792. The summed E-state index contributed by atoms with van der Waals surface area (Å²) in [6, 6.07) is 2.02. The summed E-state index contributed by atoms with van der Waals surface area (Å²) in [7, 11) is 0. The largest absolute Gasteiger partial charge is 0.481 e. The molecule has 1 fully saturated rings. The molecule has 20 heavy (non-hydrogen) atoms. The van der Waals surface area contributed by atoms with Gasteiger partial charge < -0.3 is 10.0 Å². The maximum Gasteiger partial charge on any atom is 0.311 e. The summed E-state index contributed by atoms with van der Waals surface area (Å²) in [6.07, 6.45) is 2.57. The Labute approximate surface area is 130 Å². The average molecular weight is 360 g/mol. The van der Waals surface area contributed by atoms with Crippen molar-refractivity contribution in [1.29, 1.82) is 0 Å². The average Bonchev–Trinajstić information content (AvgIpc) is 2.81. The number of hydrogen-bond donors (Lipinski definition) is 1. The molecule has 1 aliphatic rings. The highest BCUT2D eigenvalue weighted by atomic mass is 79.9. The molecule has 0 aliphatic carbocycles. The fourth-order valence-corrected chi connectivity index (χ4v) is 3.96. The molecular weight excluding hydrogens is 342 g/mol. The van der Waals surface area contributed by atoms with Gasteiger partial charge in [0.15, 0.2) is 0 Å². The monoisotopic (exact) mass is 359 g/mol. The molecule has 1 aromatic rings. The van der Waals surface area contributed by atoms with Crippen molar-refractivity contribution in [3.63, 3.8) is 0 Å². The van der Waals surface area contributed by atoms with Crippen molar-refractivity contribution in [2.45, 2.75) is 32.6 Å². The van der Waals surface area contributed by atoms with Crippen LogP contribution in [0.4, 0.5) is 0 Å². The van der Waals surface area contributed by atoms with Crippen LogP contribution in [0.15, 0.2) is 15.9 Å². The van der Waals surface area contributed by atoms with E-state index in [0.29, 0.717) is 25.9 Å². The molecule has 0 radical (unpaired) electrons. The van der Waals surface area contributed by atoms with Gasteiger partial charge in [0.2, 0.25) is 5.91 Å². The highest BCUT2D eigenvalue weighted by Crippen LogP contribution is 2.30. The maximum atomic E-state index is 12.2. The standard InChI is InChI=1S/C14H18BrNO3S/c1-14(13(18)19)5-2-6-16(9-14)12(17)4-3-11-7-10(15)8-20-11/h7-8H,2-6,9H2,1H3,(H,18,19). The van der Waals surface area contributed by atoms with Crippen LogP contribution in [0.3, 0.4) is 0 Å². The topological polar surface area (TPSA) is 57.6 Å². The van der Waals surface area contributed by atoms with E-state index in [9.17, 15) is 14.7 Å². The first-order valence-electron chi connectivity index (χ1n) is 6.65. The highest BCUT2D eigenvalue weighted by Gasteiger charge is 2.39. The zero-order valence-corrected chi connectivity index (χ0v) is 13.8. The first-order chi connectivity index (χ1) is 9.40. The molecule has 1 N–H and O–H groups in total. The third kappa shape index (κ3) is 3.61. The van der Waals surface area contributed by atoms with E-state index in [-0.39, 0.29) is 5.91 Å². The van der Waals surface area contributed by atoms with E-state index in [2.05, 4.69) is 15.9 Å². The molecule has 0 aromatic carbocycles. The van der Waals surface area contributed by atoms with Crippen molar-refractivity contribution in [2.24, 2.45) is 5.41 Å². The van der Waals surface area contributed by atoms with Gasteiger partial charge in [0, 0.05) is 34.2 Å². The molecule has 2 rings (SSSR count). The number of aryl methyl sites for hydroxylation is 1. The minimum Gasteiger partial charge on any atom is -0.481 e. The van der Waals surface area contributed by atoms with Crippen LogP contribution in [0.2, 0.25) is 0 Å². The Morgan fingerprint density at radius 1 is 1.55 bits per heavy atom. The van der Waals surface area contributed by atoms with Gasteiger partial charge in [-0.25, -0.2) is 0 Å². The molecule has 0 spiro atoms. The zero-order chi connectivity index (χ0) is 14.8. The van der Waals surface area contributed by atoms with E-state index < -0.39 is 11.4 Å². The van der Waals surface area contributed by atoms with Gasteiger partial charge in [0.25, 0.3) is 0 Å². The minimum atomic E-state index is -0.808. The van der Waals surface area contributed by atoms with Crippen LogP contribution in [0.5, 0.6) is 0 Å². The number of carbonyl (C=O) groups excluding carboxylic acids is 1. The van der Waals surface area contributed by atoms with E-state index >= 15 is 0 Å². The summed E-state index contributed by atoms with van der Waals surface area (Å²) >= 11 is 5.03. The van der Waals surface area contributed by atoms with Gasteiger partial charge in [-0.2, -0.15) is 0 Å². The predicted octanol–water partition coefficient (Wildman–Crippen LogP) is 3.16. The van der Waals surface area contributed by atoms with E-state index in [1.54, 1.807) is 23.2 Å². The number of carbonyl (C=O) groups is 2. The third-order valence-electron chi connectivity index (χ3n) is 3.77. The lowest BCUT2D eigenvalue weighted by Gasteiger charge is -2.37. The Hall–Kier alpha value is -0.880. The fraction of sp³-hybridized carbons (Fsp3) is 0.571. The van der Waals surface area contributed by atoms with Crippen LogP contribution in [0.1, 0.15) is 31.1 Å². The molecule has 6 heteroatoms. The van der Waals surface area contributed by atoms with Crippen molar-refractivity contribution in [2.75, 3.05) is 13.1 Å². The van der Waals surface area contributed by atoms with Crippen molar-refractivity contribution in [3.05, 3.63) is 20.8 Å². The number of amides is 1. The number of nitrogens with zero attached hydrogens (tertiary/aromatic N) is 1. The lowest BCUT2D eigenvalue weighted by Crippen LogP contribution is -2.48. The molecule has 1 aliphatic heterocycles. The number of halogens is 1. The normalized spacial score (nSPS) is 22.8. The van der Waals surface area contributed by atoms with Crippen molar-refractivity contribution >= 4 is 39.1 Å². The lowest BCUT2D eigenvalue weighted by molar-refractivity contribution is -0.153. The SMILES string of the molecule is CC1(C(=O)O)CCCN(C(=O)CCc2cc(Br)cs2)C1. The minimum absolute atomic E-state index is 0.0571. The van der Waals surface area contributed by atoms with Crippen LogP contribution in [0, 0.1) is 5.41 Å². The first-order valence-corrected chi connectivity index (χ1v) is 8.32. The van der Waals surface area contributed by atoms with Crippen LogP contribution < -0.4 is 0 Å². The molecular formula is C14H18BrNO3S. The van der Waals surface area contributed by atoms with Crippen molar-refractivity contribution < 1.29 is 14.7 Å². The number of rotatable bonds is 4. The van der Waals surface area contributed by atoms with Gasteiger partial charge in [-0.1, -0.05) is 0 Å². The summed E-state index contributed by atoms with van der Waals surface area (Å²) in [5.74, 6) is -0.751. The molecule has 1 saturated heterocycles. The second-order valence-corrected chi connectivity index (χ2v) is 7.43. The summed E-state index contributed by atoms with van der Waals surface area (Å²) in [4.78, 5) is 26.4. The van der Waals surface area contributed by atoms with E-state index in [0.717, 1.165) is 17.3 Å². The first kappa shape index (κ1) is 15.5. The maximum absolute atomic E-state index is 12.2. The zero-order valence-electron chi connectivity index (χ0n) is 11.4. The number of carboxylic acids is 1. The molecule has 1 unspecified atom stereocenters. The van der Waals surface area contributed by atoms with Gasteiger partial charge in [-0.3, -0.25) is 9.59 Å². The number of piperidine rings is 1. The van der Waals surface area contributed by atoms with Crippen LogP contribution in [0.25, 0.3) is 0 Å². The van der Waals surface area contributed by atoms with Crippen molar-refractivity contribution in [1.82, 2.24) is 4.90 Å². The molecule has 110 valence electrons. The third-order valence-corrected chi connectivity index (χ3v) is 5.53. The molecule has 0 saturated carbocycles. The van der Waals surface area contributed by atoms with Gasteiger partial charge in [0.1, 0.15) is 0 Å². The highest BCUT2D eigenvalue weighted by molar-refractivity contribution is 9.10. The summed E-state index contributed by atoms with van der Waals surface area (Å²) in [6.45, 7) is 2.73. The lowest BCUT2D eigenvalue weighted by atomic mass is 9.82. The Morgan fingerprint density at radius 3 is 2.90 bits per heavy atom. The van der Waals surface area contributed by atoms with E-state index in [1.165, 1.54) is 4.88 Å².